The van der Waals surface area contributed by atoms with E-state index in [-0.39, 0.29) is 11.1 Å². The minimum absolute atomic E-state index is 0.311. The predicted molar refractivity (Wildman–Crippen MR) is 51.3 cm³/mol. The lowest BCUT2D eigenvalue weighted by molar-refractivity contribution is -0.139. The van der Waals surface area contributed by atoms with Crippen molar-refractivity contribution in [2.45, 2.75) is 12.8 Å². The Labute approximate surface area is 95.3 Å². The first kappa shape index (κ1) is 12.8. The molecule has 7 heteroatoms. The third-order valence-corrected chi connectivity index (χ3v) is 2.06. The number of hydrogen-bond donors (Lipinski definition) is 1. The largest absolute Gasteiger partial charge is 0.505 e. The fraction of sp³-hybridized carbons (Fsp3) is 0.300. The molecule has 0 atom stereocenters. The Morgan fingerprint density at radius 2 is 2.35 bits per heavy atom. The number of aromatic nitrogens is 1. The van der Waals surface area contributed by atoms with Gasteiger partial charge >= 0.3 is 5.97 Å². The van der Waals surface area contributed by atoms with Crippen molar-refractivity contribution in [3.63, 3.8) is 0 Å². The summed E-state index contributed by atoms with van der Waals surface area (Å²) in [5.41, 5.74) is -1.40. The minimum Gasteiger partial charge on any atom is -0.505 e. The number of alkyl halides is 2. The molecule has 1 aromatic heterocycles. The molecule has 1 rings (SSSR count). The molecule has 5 nitrogen and oxygen atoms in total. The first-order chi connectivity index (χ1) is 8.01. The van der Waals surface area contributed by atoms with Gasteiger partial charge in [0, 0.05) is 5.56 Å². The van der Waals surface area contributed by atoms with Crippen LogP contribution in [0.1, 0.15) is 23.2 Å². The molecule has 1 heterocycles. The predicted octanol–water partition coefficient (Wildman–Crippen LogP) is 1.31. The third-order valence-electron chi connectivity index (χ3n) is 2.06. The van der Waals surface area contributed by atoms with Gasteiger partial charge in [-0.15, -0.1) is 0 Å². The number of methoxy groups -OCH3 is 1. The fourth-order valence-electron chi connectivity index (χ4n) is 1.26. The molecule has 0 amide bonds. The average molecular weight is 242 g/mol. The number of rotatable bonds is 3. The SMILES string of the molecule is COC(=O)Cc1c(C(F)F)ncc(O)c1C#N. The van der Waals surface area contributed by atoms with Crippen LogP contribution < -0.4 is 0 Å². The Morgan fingerprint density at radius 3 is 2.82 bits per heavy atom. The van der Waals surface area contributed by atoms with Crippen molar-refractivity contribution in [3.8, 4) is 11.8 Å². The first-order valence-corrected chi connectivity index (χ1v) is 4.47. The van der Waals surface area contributed by atoms with E-state index in [0.717, 1.165) is 13.3 Å². The Balaban J connectivity index is 3.35. The molecule has 0 saturated heterocycles. The highest BCUT2D eigenvalue weighted by molar-refractivity contribution is 5.74. The third kappa shape index (κ3) is 2.66. The normalized spacial score (nSPS) is 10.1. The van der Waals surface area contributed by atoms with Crippen LogP contribution in [0.2, 0.25) is 0 Å². The maximum Gasteiger partial charge on any atom is 0.310 e. The van der Waals surface area contributed by atoms with Crippen molar-refractivity contribution in [1.82, 2.24) is 4.98 Å². The number of nitrogens with zero attached hydrogens (tertiary/aromatic N) is 2. The number of carbonyl (C=O) groups excluding carboxylic acids is 1. The zero-order chi connectivity index (χ0) is 13.0. The van der Waals surface area contributed by atoms with Crippen LogP contribution in [-0.4, -0.2) is 23.2 Å². The maximum atomic E-state index is 12.6. The van der Waals surface area contributed by atoms with Gasteiger partial charge in [-0.2, -0.15) is 5.26 Å². The lowest BCUT2D eigenvalue weighted by Crippen LogP contribution is -2.10. The molecular weight excluding hydrogens is 234 g/mol. The fourth-order valence-corrected chi connectivity index (χ4v) is 1.26. The van der Waals surface area contributed by atoms with E-state index in [9.17, 15) is 18.7 Å². The van der Waals surface area contributed by atoms with Crippen LogP contribution in [0.4, 0.5) is 8.78 Å². The van der Waals surface area contributed by atoms with Gasteiger partial charge in [0.05, 0.1) is 19.7 Å². The van der Waals surface area contributed by atoms with Crippen LogP contribution in [0, 0.1) is 11.3 Å². The van der Waals surface area contributed by atoms with Crippen molar-refractivity contribution >= 4 is 5.97 Å². The topological polar surface area (TPSA) is 83.2 Å². The molecule has 0 aliphatic carbocycles. The van der Waals surface area contributed by atoms with Gasteiger partial charge in [0.2, 0.25) is 0 Å². The lowest BCUT2D eigenvalue weighted by atomic mass is 10.0. The molecule has 0 unspecified atom stereocenters. The molecule has 0 saturated carbocycles. The van der Waals surface area contributed by atoms with Crippen LogP contribution in [0.3, 0.4) is 0 Å². The van der Waals surface area contributed by atoms with Gasteiger partial charge in [0.15, 0.2) is 5.75 Å². The summed E-state index contributed by atoms with van der Waals surface area (Å²) in [6.45, 7) is 0. The second kappa shape index (κ2) is 5.21. The van der Waals surface area contributed by atoms with Crippen molar-refractivity contribution in [2.24, 2.45) is 0 Å². The summed E-state index contributed by atoms with van der Waals surface area (Å²) in [5, 5.41) is 18.1. The highest BCUT2D eigenvalue weighted by atomic mass is 19.3. The average Bonchev–Trinajstić information content (AvgIpc) is 2.28. The Hall–Kier alpha value is -2.23. The number of ether oxygens (including phenoxy) is 1. The summed E-state index contributed by atoms with van der Waals surface area (Å²) in [4.78, 5) is 14.4. The molecule has 0 aliphatic heterocycles. The van der Waals surface area contributed by atoms with E-state index < -0.39 is 30.3 Å². The Morgan fingerprint density at radius 1 is 1.71 bits per heavy atom. The second-order valence-corrected chi connectivity index (χ2v) is 3.05. The summed E-state index contributed by atoms with van der Waals surface area (Å²) >= 11 is 0. The number of carbonyl (C=O) groups is 1. The van der Waals surface area contributed by atoms with E-state index in [1.54, 1.807) is 6.07 Å². The maximum absolute atomic E-state index is 12.6. The second-order valence-electron chi connectivity index (χ2n) is 3.05. The summed E-state index contributed by atoms with van der Waals surface area (Å²) < 4.78 is 29.6. The zero-order valence-corrected chi connectivity index (χ0v) is 8.78. The molecule has 90 valence electrons. The first-order valence-electron chi connectivity index (χ1n) is 4.47. The highest BCUT2D eigenvalue weighted by Gasteiger charge is 2.23. The van der Waals surface area contributed by atoms with Gasteiger partial charge in [0.1, 0.15) is 17.3 Å². The van der Waals surface area contributed by atoms with Crippen molar-refractivity contribution < 1.29 is 23.4 Å². The molecule has 0 spiro atoms. The summed E-state index contributed by atoms with van der Waals surface area (Å²) in [6, 6.07) is 1.56. The lowest BCUT2D eigenvalue weighted by Gasteiger charge is -2.09. The van der Waals surface area contributed by atoms with E-state index in [0.29, 0.717) is 0 Å². The summed E-state index contributed by atoms with van der Waals surface area (Å²) in [7, 11) is 1.09. The summed E-state index contributed by atoms with van der Waals surface area (Å²) in [5.74, 6) is -1.34. The van der Waals surface area contributed by atoms with E-state index in [4.69, 9.17) is 5.26 Å². The number of pyridine rings is 1. The van der Waals surface area contributed by atoms with E-state index in [2.05, 4.69) is 9.72 Å². The molecule has 0 fully saturated rings. The number of esters is 1. The van der Waals surface area contributed by atoms with Crippen LogP contribution in [-0.2, 0) is 16.0 Å². The monoisotopic (exact) mass is 242 g/mol. The quantitative estimate of drug-likeness (QED) is 0.808. The van der Waals surface area contributed by atoms with Crippen LogP contribution in [0.15, 0.2) is 6.20 Å². The van der Waals surface area contributed by atoms with Crippen LogP contribution in [0.25, 0.3) is 0 Å². The summed E-state index contributed by atoms with van der Waals surface area (Å²) in [6.07, 6.45) is -2.73. The van der Waals surface area contributed by atoms with Gasteiger partial charge in [0.25, 0.3) is 6.43 Å². The number of hydrogen-bond acceptors (Lipinski definition) is 5. The smallest absolute Gasteiger partial charge is 0.310 e. The van der Waals surface area contributed by atoms with Gasteiger partial charge in [-0.05, 0) is 0 Å². The molecule has 0 aromatic carbocycles. The minimum atomic E-state index is -2.94. The van der Waals surface area contributed by atoms with Gasteiger partial charge in [-0.1, -0.05) is 0 Å². The highest BCUT2D eigenvalue weighted by Crippen LogP contribution is 2.28. The van der Waals surface area contributed by atoms with Gasteiger partial charge < -0.3 is 9.84 Å². The molecule has 17 heavy (non-hydrogen) atoms. The molecule has 1 N–H and O–H groups in total. The van der Waals surface area contributed by atoms with Gasteiger partial charge in [-0.25, -0.2) is 8.78 Å². The Kier molecular flexibility index (Phi) is 3.93. The molecule has 0 radical (unpaired) electrons. The van der Waals surface area contributed by atoms with Crippen molar-refractivity contribution in [2.75, 3.05) is 7.11 Å². The van der Waals surface area contributed by atoms with Crippen molar-refractivity contribution in [1.29, 1.82) is 5.26 Å². The Bertz CT molecular complexity index is 483. The van der Waals surface area contributed by atoms with E-state index >= 15 is 0 Å². The van der Waals surface area contributed by atoms with E-state index in [1.807, 2.05) is 0 Å². The van der Waals surface area contributed by atoms with Gasteiger partial charge in [-0.3, -0.25) is 9.78 Å². The van der Waals surface area contributed by atoms with Crippen LogP contribution in [0.5, 0.6) is 5.75 Å². The number of aromatic hydroxyl groups is 1. The standard InChI is InChI=1S/C10H8F2N2O3/c1-17-8(16)2-5-6(3-13)7(15)4-14-9(5)10(11)12/h4,10,15H,2H2,1H3. The number of nitriles is 1. The van der Waals surface area contributed by atoms with Crippen molar-refractivity contribution in [3.05, 3.63) is 23.0 Å². The number of halogens is 2. The van der Waals surface area contributed by atoms with E-state index in [1.165, 1.54) is 0 Å². The molecule has 0 bridgehead atoms. The molecule has 0 aliphatic rings. The molecule has 1 aromatic rings. The van der Waals surface area contributed by atoms with Crippen LogP contribution >= 0.6 is 0 Å². The zero-order valence-electron chi connectivity index (χ0n) is 8.78. The molecular formula is C10H8F2N2O3.